The van der Waals surface area contributed by atoms with Crippen LogP contribution in [0.25, 0.3) is 0 Å². The number of hydrogen-bond acceptors (Lipinski definition) is 6. The molecule has 0 bridgehead atoms. The van der Waals surface area contributed by atoms with Crippen molar-refractivity contribution in [1.29, 1.82) is 0 Å². The highest BCUT2D eigenvalue weighted by molar-refractivity contribution is 7.89. The minimum atomic E-state index is -3.91. The molecule has 7 nitrogen and oxygen atoms in total. The van der Waals surface area contributed by atoms with Gasteiger partial charge in [0.05, 0.1) is 27.4 Å². The number of aliphatic hydroxyl groups is 2. The van der Waals surface area contributed by atoms with Gasteiger partial charge >= 0.3 is 0 Å². The molecule has 0 aliphatic carbocycles. The van der Waals surface area contributed by atoms with Crippen LogP contribution >= 0.6 is 0 Å². The second-order valence-corrected chi connectivity index (χ2v) is 6.23. The molecule has 1 aromatic rings. The lowest BCUT2D eigenvalue weighted by Gasteiger charge is -2.22. The fourth-order valence-electron chi connectivity index (χ4n) is 1.94. The number of nitrogens with zero attached hydrogens (tertiary/aromatic N) is 1. The molecule has 8 heteroatoms. The van der Waals surface area contributed by atoms with Crippen LogP contribution in [0.4, 0.5) is 0 Å². The van der Waals surface area contributed by atoms with Crippen LogP contribution in [0.15, 0.2) is 17.0 Å². The number of sulfonamides is 1. The van der Waals surface area contributed by atoms with E-state index in [0.29, 0.717) is 5.75 Å². The normalized spacial score (nSPS) is 11.7. The van der Waals surface area contributed by atoms with Crippen molar-refractivity contribution in [3.05, 3.63) is 17.7 Å². The third-order valence-corrected chi connectivity index (χ3v) is 4.92. The minimum Gasteiger partial charge on any atom is -0.496 e. The van der Waals surface area contributed by atoms with Gasteiger partial charge in [-0.1, -0.05) is 0 Å². The zero-order valence-electron chi connectivity index (χ0n) is 12.4. The van der Waals surface area contributed by atoms with Crippen LogP contribution in [0.5, 0.6) is 11.5 Å². The number of hydrogen-bond donors (Lipinski definition) is 2. The van der Waals surface area contributed by atoms with E-state index in [0.717, 1.165) is 9.87 Å². The Kier molecular flexibility index (Phi) is 6.41. The van der Waals surface area contributed by atoms with E-state index in [-0.39, 0.29) is 36.9 Å². The fourth-order valence-corrected chi connectivity index (χ4v) is 3.51. The number of aliphatic hydroxyl groups excluding tert-OH is 2. The first kappa shape index (κ1) is 17.7. The predicted molar refractivity (Wildman–Crippen MR) is 77.2 cm³/mol. The second kappa shape index (κ2) is 7.60. The lowest BCUT2D eigenvalue weighted by atomic mass is 10.2. The monoisotopic (exact) mass is 319 g/mol. The zero-order chi connectivity index (χ0) is 16.0. The maximum Gasteiger partial charge on any atom is 0.247 e. The smallest absolute Gasteiger partial charge is 0.247 e. The Labute approximate surface area is 124 Å². The molecule has 2 N–H and O–H groups in total. The van der Waals surface area contributed by atoms with Crippen molar-refractivity contribution >= 4 is 10.0 Å². The van der Waals surface area contributed by atoms with Crippen LogP contribution in [-0.2, 0) is 10.0 Å². The maximum atomic E-state index is 12.6. The zero-order valence-corrected chi connectivity index (χ0v) is 13.2. The van der Waals surface area contributed by atoms with Crippen molar-refractivity contribution in [1.82, 2.24) is 4.31 Å². The number of ether oxygens (including phenoxy) is 2. The summed E-state index contributed by atoms with van der Waals surface area (Å²) in [5.41, 5.74) is 0.740. The van der Waals surface area contributed by atoms with Gasteiger partial charge in [0.25, 0.3) is 0 Å². The van der Waals surface area contributed by atoms with Crippen molar-refractivity contribution in [2.45, 2.75) is 11.8 Å². The third-order valence-electron chi connectivity index (χ3n) is 3.00. The van der Waals surface area contributed by atoms with Crippen LogP contribution in [0.2, 0.25) is 0 Å². The first-order chi connectivity index (χ1) is 9.92. The lowest BCUT2D eigenvalue weighted by Crippen LogP contribution is -2.36. The Balaban J connectivity index is 3.40. The average Bonchev–Trinajstić information content (AvgIpc) is 2.46. The molecule has 0 aromatic heterocycles. The SMILES string of the molecule is COc1cc(S(=O)(=O)N(CCO)CCO)c(OC)cc1C. The van der Waals surface area contributed by atoms with E-state index in [2.05, 4.69) is 0 Å². The highest BCUT2D eigenvalue weighted by atomic mass is 32.2. The number of benzene rings is 1. The molecule has 0 aliphatic heterocycles. The summed E-state index contributed by atoms with van der Waals surface area (Å²) in [7, 11) is -1.08. The van der Waals surface area contributed by atoms with Crippen molar-refractivity contribution in [2.24, 2.45) is 0 Å². The molecule has 0 atom stereocenters. The molecule has 21 heavy (non-hydrogen) atoms. The van der Waals surface area contributed by atoms with Gasteiger partial charge in [0.2, 0.25) is 10.0 Å². The molecule has 1 aromatic carbocycles. The van der Waals surface area contributed by atoms with Crippen LogP contribution in [-0.4, -0.2) is 63.5 Å². The third kappa shape index (κ3) is 3.85. The number of methoxy groups -OCH3 is 2. The van der Waals surface area contributed by atoms with Crippen molar-refractivity contribution in [3.63, 3.8) is 0 Å². The summed E-state index contributed by atoms with van der Waals surface area (Å²) in [4.78, 5) is -0.0608. The van der Waals surface area contributed by atoms with Crippen LogP contribution in [0.1, 0.15) is 5.56 Å². The van der Waals surface area contributed by atoms with Crippen molar-refractivity contribution < 1.29 is 28.1 Å². The quantitative estimate of drug-likeness (QED) is 0.699. The van der Waals surface area contributed by atoms with Gasteiger partial charge in [-0.3, -0.25) is 0 Å². The number of rotatable bonds is 8. The Morgan fingerprint density at radius 2 is 1.57 bits per heavy atom. The first-order valence-corrected chi connectivity index (χ1v) is 7.80. The van der Waals surface area contributed by atoms with E-state index in [1.165, 1.54) is 20.3 Å². The van der Waals surface area contributed by atoms with E-state index in [1.54, 1.807) is 13.0 Å². The maximum absolute atomic E-state index is 12.6. The predicted octanol–water partition coefficient (Wildman–Crippen LogP) is -0.0125. The summed E-state index contributed by atoms with van der Waals surface area (Å²) in [6.07, 6.45) is 0. The molecule has 1 rings (SSSR count). The fraction of sp³-hybridized carbons (Fsp3) is 0.538. The summed E-state index contributed by atoms with van der Waals surface area (Å²) in [5, 5.41) is 18.0. The Hall–Kier alpha value is -1.35. The molecule has 0 unspecified atom stereocenters. The van der Waals surface area contributed by atoms with Crippen LogP contribution in [0.3, 0.4) is 0 Å². The molecule has 0 radical (unpaired) electrons. The van der Waals surface area contributed by atoms with Gasteiger partial charge in [0, 0.05) is 19.2 Å². The van der Waals surface area contributed by atoms with Crippen LogP contribution in [0, 0.1) is 6.92 Å². The highest BCUT2D eigenvalue weighted by Gasteiger charge is 2.28. The summed E-state index contributed by atoms with van der Waals surface area (Å²) in [6.45, 7) is 0.872. The molecule has 0 amide bonds. The summed E-state index contributed by atoms with van der Waals surface area (Å²) in [5.74, 6) is 0.608. The topological polar surface area (TPSA) is 96.3 Å². The molecule has 0 heterocycles. The Bertz CT molecular complexity index is 566. The number of aryl methyl sites for hydroxylation is 1. The summed E-state index contributed by atoms with van der Waals surface area (Å²) < 4.78 is 36.6. The van der Waals surface area contributed by atoms with E-state index in [4.69, 9.17) is 19.7 Å². The molecule has 0 saturated heterocycles. The van der Waals surface area contributed by atoms with Gasteiger partial charge in [-0.15, -0.1) is 0 Å². The Morgan fingerprint density at radius 1 is 1.05 bits per heavy atom. The molecule has 0 saturated carbocycles. The van der Waals surface area contributed by atoms with Gasteiger partial charge in [-0.2, -0.15) is 4.31 Å². The molecule has 0 fully saturated rings. The van der Waals surface area contributed by atoms with Gasteiger partial charge < -0.3 is 19.7 Å². The van der Waals surface area contributed by atoms with Crippen molar-refractivity contribution in [3.8, 4) is 11.5 Å². The van der Waals surface area contributed by atoms with Gasteiger partial charge in [0.15, 0.2) is 0 Å². The van der Waals surface area contributed by atoms with Gasteiger partial charge in [0.1, 0.15) is 16.4 Å². The van der Waals surface area contributed by atoms with Crippen molar-refractivity contribution in [2.75, 3.05) is 40.5 Å². The highest BCUT2D eigenvalue weighted by Crippen LogP contribution is 2.33. The molecular weight excluding hydrogens is 298 g/mol. The van der Waals surface area contributed by atoms with Gasteiger partial charge in [-0.25, -0.2) is 8.42 Å². The second-order valence-electron chi connectivity index (χ2n) is 4.32. The molecular formula is C13H21NO6S. The molecule has 0 aliphatic rings. The van der Waals surface area contributed by atoms with E-state index >= 15 is 0 Å². The van der Waals surface area contributed by atoms with E-state index < -0.39 is 10.0 Å². The van der Waals surface area contributed by atoms with E-state index in [9.17, 15) is 8.42 Å². The van der Waals surface area contributed by atoms with E-state index in [1.807, 2.05) is 0 Å². The first-order valence-electron chi connectivity index (χ1n) is 6.36. The largest absolute Gasteiger partial charge is 0.496 e. The minimum absolute atomic E-state index is 0.0608. The Morgan fingerprint density at radius 3 is 2.00 bits per heavy atom. The standard InChI is InChI=1S/C13H21NO6S/c1-10-8-12(20-3)13(9-11(10)19-2)21(17,18)14(4-6-15)5-7-16/h8-9,15-16H,4-7H2,1-3H3. The van der Waals surface area contributed by atoms with Crippen LogP contribution < -0.4 is 9.47 Å². The molecule has 120 valence electrons. The molecule has 0 spiro atoms. The lowest BCUT2D eigenvalue weighted by molar-refractivity contribution is 0.217. The van der Waals surface area contributed by atoms with Gasteiger partial charge in [-0.05, 0) is 18.6 Å². The summed E-state index contributed by atoms with van der Waals surface area (Å²) >= 11 is 0. The summed E-state index contributed by atoms with van der Waals surface area (Å²) in [6, 6.07) is 2.95. The average molecular weight is 319 g/mol.